The largest absolute Gasteiger partial charge is 0.465 e. The van der Waals surface area contributed by atoms with Crippen LogP contribution >= 0.6 is 0 Å². The smallest absolute Gasteiger partial charge is 0.322 e. The van der Waals surface area contributed by atoms with E-state index in [1.54, 1.807) is 6.92 Å². The molecule has 4 nitrogen and oxygen atoms in total. The summed E-state index contributed by atoms with van der Waals surface area (Å²) in [7, 11) is 0. The van der Waals surface area contributed by atoms with E-state index in [2.05, 4.69) is 0 Å². The highest BCUT2D eigenvalue weighted by molar-refractivity contribution is 6.04. The molecule has 20 heavy (non-hydrogen) atoms. The molecule has 1 saturated heterocycles. The Bertz CT molecular complexity index is 469. The van der Waals surface area contributed by atoms with E-state index in [1.807, 2.05) is 30.3 Å². The molecule has 0 radical (unpaired) electrons. The van der Waals surface area contributed by atoms with Crippen LogP contribution in [0.3, 0.4) is 0 Å². The van der Waals surface area contributed by atoms with E-state index >= 15 is 0 Å². The SMILES string of the molecule is CCOC(=O)C1(CCc2ccccc2)COCCC1=O. The topological polar surface area (TPSA) is 52.6 Å². The number of aryl methyl sites for hydroxylation is 1. The normalized spacial score (nSPS) is 22.6. The molecule has 0 aliphatic carbocycles. The van der Waals surface area contributed by atoms with Crippen LogP contribution in [0.25, 0.3) is 0 Å². The molecule has 0 amide bonds. The van der Waals surface area contributed by atoms with Gasteiger partial charge >= 0.3 is 5.97 Å². The number of Topliss-reactive ketones (excluding diaryl/α,β-unsaturated/α-hetero) is 1. The standard InChI is InChI=1S/C16H20O4/c1-2-20-15(18)16(12-19-11-9-14(16)17)10-8-13-6-4-3-5-7-13/h3-7H,2,8-12H2,1H3. The van der Waals surface area contributed by atoms with Crippen LogP contribution in [0.15, 0.2) is 30.3 Å². The Hall–Kier alpha value is -1.68. The molecule has 1 atom stereocenters. The van der Waals surface area contributed by atoms with Crippen LogP contribution in [0, 0.1) is 5.41 Å². The Morgan fingerprint density at radius 2 is 2.10 bits per heavy atom. The molecule has 0 bridgehead atoms. The minimum absolute atomic E-state index is 0.0573. The molecule has 1 aliphatic heterocycles. The lowest BCUT2D eigenvalue weighted by Gasteiger charge is -2.33. The Morgan fingerprint density at radius 3 is 2.75 bits per heavy atom. The van der Waals surface area contributed by atoms with E-state index in [4.69, 9.17) is 9.47 Å². The fourth-order valence-electron chi connectivity index (χ4n) is 2.49. The molecule has 1 unspecified atom stereocenters. The minimum Gasteiger partial charge on any atom is -0.465 e. The van der Waals surface area contributed by atoms with Gasteiger partial charge in [-0.25, -0.2) is 0 Å². The summed E-state index contributed by atoms with van der Waals surface area (Å²) in [5.41, 5.74) is -0.0149. The van der Waals surface area contributed by atoms with Crippen molar-refractivity contribution in [2.24, 2.45) is 5.41 Å². The molecule has 108 valence electrons. The maximum atomic E-state index is 12.3. The third-order valence-electron chi connectivity index (χ3n) is 3.71. The predicted molar refractivity (Wildman–Crippen MR) is 74.3 cm³/mol. The summed E-state index contributed by atoms with van der Waals surface area (Å²) in [6.45, 7) is 2.55. The van der Waals surface area contributed by atoms with E-state index in [0.29, 0.717) is 19.4 Å². The van der Waals surface area contributed by atoms with Gasteiger partial charge in [0.2, 0.25) is 0 Å². The molecule has 2 rings (SSSR count). The first-order valence-corrected chi connectivity index (χ1v) is 7.01. The lowest BCUT2D eigenvalue weighted by Crippen LogP contribution is -2.48. The van der Waals surface area contributed by atoms with Gasteiger partial charge in [0.05, 0.1) is 19.8 Å². The fourth-order valence-corrected chi connectivity index (χ4v) is 2.49. The zero-order valence-corrected chi connectivity index (χ0v) is 11.8. The second kappa shape index (κ2) is 6.66. The first-order valence-electron chi connectivity index (χ1n) is 7.01. The van der Waals surface area contributed by atoms with Crippen LogP contribution < -0.4 is 0 Å². The van der Waals surface area contributed by atoms with Crippen molar-refractivity contribution in [1.82, 2.24) is 0 Å². The average molecular weight is 276 g/mol. The number of ether oxygens (including phenoxy) is 2. The van der Waals surface area contributed by atoms with Crippen molar-refractivity contribution >= 4 is 11.8 Å². The maximum Gasteiger partial charge on any atom is 0.322 e. The van der Waals surface area contributed by atoms with Gasteiger partial charge in [0.1, 0.15) is 5.41 Å². The number of hydrogen-bond donors (Lipinski definition) is 0. The van der Waals surface area contributed by atoms with Crippen LogP contribution in [0.5, 0.6) is 0 Å². The average Bonchev–Trinajstić information content (AvgIpc) is 2.48. The van der Waals surface area contributed by atoms with Crippen molar-refractivity contribution in [2.45, 2.75) is 26.2 Å². The Labute approximate surface area is 119 Å². The molecule has 1 heterocycles. The molecule has 0 N–H and O–H groups in total. The number of rotatable bonds is 5. The molecule has 0 saturated carbocycles. The lowest BCUT2D eigenvalue weighted by molar-refractivity contribution is -0.169. The summed E-state index contributed by atoms with van der Waals surface area (Å²) < 4.78 is 10.5. The third kappa shape index (κ3) is 3.07. The van der Waals surface area contributed by atoms with Gasteiger partial charge in [0.15, 0.2) is 5.78 Å². The van der Waals surface area contributed by atoms with Crippen LogP contribution in [0.2, 0.25) is 0 Å². The second-order valence-electron chi connectivity index (χ2n) is 5.01. The van der Waals surface area contributed by atoms with E-state index in [9.17, 15) is 9.59 Å². The van der Waals surface area contributed by atoms with Gasteiger partial charge in [-0.2, -0.15) is 0 Å². The summed E-state index contributed by atoms with van der Waals surface area (Å²) in [6.07, 6.45) is 1.39. The van der Waals surface area contributed by atoms with Gasteiger partial charge in [-0.1, -0.05) is 30.3 Å². The Kier molecular flexibility index (Phi) is 4.90. The molecule has 0 aromatic heterocycles. The fraction of sp³-hybridized carbons (Fsp3) is 0.500. The zero-order valence-electron chi connectivity index (χ0n) is 11.8. The van der Waals surface area contributed by atoms with Crippen molar-refractivity contribution in [3.8, 4) is 0 Å². The minimum atomic E-state index is -1.12. The zero-order chi connectivity index (χ0) is 14.4. The quantitative estimate of drug-likeness (QED) is 0.611. The molecular formula is C16H20O4. The van der Waals surface area contributed by atoms with Crippen molar-refractivity contribution in [1.29, 1.82) is 0 Å². The molecule has 4 heteroatoms. The Morgan fingerprint density at radius 1 is 1.35 bits per heavy atom. The second-order valence-corrected chi connectivity index (χ2v) is 5.01. The number of esters is 1. The van der Waals surface area contributed by atoms with Crippen LogP contribution in [0.4, 0.5) is 0 Å². The van der Waals surface area contributed by atoms with Crippen molar-refractivity contribution in [3.63, 3.8) is 0 Å². The highest BCUT2D eigenvalue weighted by Crippen LogP contribution is 2.32. The first-order chi connectivity index (χ1) is 9.69. The van der Waals surface area contributed by atoms with Gasteiger partial charge < -0.3 is 9.47 Å². The van der Waals surface area contributed by atoms with Crippen LogP contribution in [0.1, 0.15) is 25.3 Å². The van der Waals surface area contributed by atoms with Gasteiger partial charge in [0, 0.05) is 6.42 Å². The summed E-state index contributed by atoms with van der Waals surface area (Å²) in [6, 6.07) is 9.83. The first kappa shape index (κ1) is 14.7. The highest BCUT2D eigenvalue weighted by Gasteiger charge is 2.48. The predicted octanol–water partition coefficient (Wildman–Crippen LogP) is 2.16. The summed E-state index contributed by atoms with van der Waals surface area (Å²) in [4.78, 5) is 24.5. The van der Waals surface area contributed by atoms with E-state index in [1.165, 1.54) is 0 Å². The van der Waals surface area contributed by atoms with E-state index in [0.717, 1.165) is 5.56 Å². The molecule has 1 aliphatic rings. The summed E-state index contributed by atoms with van der Waals surface area (Å²) in [5, 5.41) is 0. The van der Waals surface area contributed by atoms with E-state index < -0.39 is 11.4 Å². The van der Waals surface area contributed by atoms with Gasteiger partial charge in [-0.3, -0.25) is 9.59 Å². The van der Waals surface area contributed by atoms with Crippen LogP contribution in [-0.2, 0) is 25.5 Å². The van der Waals surface area contributed by atoms with Crippen molar-refractivity contribution < 1.29 is 19.1 Å². The molecule has 0 spiro atoms. The molecular weight excluding hydrogens is 256 g/mol. The molecule has 1 aromatic carbocycles. The number of benzene rings is 1. The lowest BCUT2D eigenvalue weighted by atomic mass is 9.76. The number of carbonyl (C=O) groups excluding carboxylic acids is 2. The number of ketones is 1. The van der Waals surface area contributed by atoms with Crippen molar-refractivity contribution in [3.05, 3.63) is 35.9 Å². The monoisotopic (exact) mass is 276 g/mol. The van der Waals surface area contributed by atoms with Crippen molar-refractivity contribution in [2.75, 3.05) is 19.8 Å². The Balaban J connectivity index is 2.14. The van der Waals surface area contributed by atoms with Crippen LogP contribution in [-0.4, -0.2) is 31.6 Å². The van der Waals surface area contributed by atoms with Gasteiger partial charge in [-0.15, -0.1) is 0 Å². The van der Waals surface area contributed by atoms with Gasteiger partial charge in [-0.05, 0) is 25.3 Å². The van der Waals surface area contributed by atoms with Gasteiger partial charge in [0.25, 0.3) is 0 Å². The van der Waals surface area contributed by atoms with E-state index in [-0.39, 0.29) is 25.4 Å². The highest BCUT2D eigenvalue weighted by atomic mass is 16.5. The molecule has 1 fully saturated rings. The number of hydrogen-bond acceptors (Lipinski definition) is 4. The summed E-state index contributed by atoms with van der Waals surface area (Å²) >= 11 is 0. The maximum absolute atomic E-state index is 12.3. The summed E-state index contributed by atoms with van der Waals surface area (Å²) in [5.74, 6) is -0.501. The number of carbonyl (C=O) groups is 2. The molecule has 1 aromatic rings. The third-order valence-corrected chi connectivity index (χ3v) is 3.71.